The van der Waals surface area contributed by atoms with E-state index < -0.39 is 0 Å². The van der Waals surface area contributed by atoms with Gasteiger partial charge in [0.25, 0.3) is 0 Å². The average molecular weight is 221 g/mol. The minimum absolute atomic E-state index is 0.00255. The molecule has 0 amide bonds. The standard InChI is InChI=1S/C14H23NO/c1-4-8-11(2)16-14(12(3)15)13-9-6-5-7-10-13/h5-7,9-12,14H,4,8,15H2,1-3H3. The van der Waals surface area contributed by atoms with Crippen molar-refractivity contribution in [1.29, 1.82) is 0 Å². The molecule has 0 bridgehead atoms. The molecule has 0 aliphatic rings. The van der Waals surface area contributed by atoms with Crippen LogP contribution in [0.5, 0.6) is 0 Å². The summed E-state index contributed by atoms with van der Waals surface area (Å²) >= 11 is 0. The fraction of sp³-hybridized carbons (Fsp3) is 0.571. The van der Waals surface area contributed by atoms with Gasteiger partial charge in [-0.1, -0.05) is 43.7 Å². The fourth-order valence-corrected chi connectivity index (χ4v) is 1.87. The first-order valence-corrected chi connectivity index (χ1v) is 6.11. The lowest BCUT2D eigenvalue weighted by molar-refractivity contribution is -0.0186. The Morgan fingerprint density at radius 3 is 2.31 bits per heavy atom. The summed E-state index contributed by atoms with van der Waals surface area (Å²) < 4.78 is 6.01. The molecule has 3 atom stereocenters. The zero-order valence-electron chi connectivity index (χ0n) is 10.5. The number of ether oxygens (including phenoxy) is 1. The topological polar surface area (TPSA) is 35.2 Å². The van der Waals surface area contributed by atoms with E-state index in [4.69, 9.17) is 10.5 Å². The Morgan fingerprint density at radius 1 is 1.19 bits per heavy atom. The SMILES string of the molecule is CCCC(C)OC(c1ccccc1)C(C)N. The molecule has 2 N–H and O–H groups in total. The van der Waals surface area contributed by atoms with Gasteiger partial charge in [0.2, 0.25) is 0 Å². The van der Waals surface area contributed by atoms with Gasteiger partial charge in [-0.15, -0.1) is 0 Å². The predicted molar refractivity (Wildman–Crippen MR) is 68.3 cm³/mol. The van der Waals surface area contributed by atoms with E-state index in [9.17, 15) is 0 Å². The van der Waals surface area contributed by atoms with Gasteiger partial charge in [-0.2, -0.15) is 0 Å². The van der Waals surface area contributed by atoms with Crippen LogP contribution in [0.2, 0.25) is 0 Å². The summed E-state index contributed by atoms with van der Waals surface area (Å²) in [6.07, 6.45) is 2.49. The Morgan fingerprint density at radius 2 is 1.81 bits per heavy atom. The van der Waals surface area contributed by atoms with E-state index in [0.717, 1.165) is 12.8 Å². The maximum atomic E-state index is 6.01. The molecule has 0 aromatic heterocycles. The Kier molecular flexibility index (Phi) is 5.50. The monoisotopic (exact) mass is 221 g/mol. The quantitative estimate of drug-likeness (QED) is 0.800. The van der Waals surface area contributed by atoms with Crippen molar-refractivity contribution < 1.29 is 4.74 Å². The third kappa shape index (κ3) is 3.95. The van der Waals surface area contributed by atoms with Crippen molar-refractivity contribution in [3.8, 4) is 0 Å². The first kappa shape index (κ1) is 13.2. The Balaban J connectivity index is 2.69. The third-order valence-electron chi connectivity index (χ3n) is 2.68. The van der Waals surface area contributed by atoms with Crippen molar-refractivity contribution in [3.05, 3.63) is 35.9 Å². The van der Waals surface area contributed by atoms with Crippen LogP contribution in [0, 0.1) is 0 Å². The number of hydrogen-bond donors (Lipinski definition) is 1. The molecular weight excluding hydrogens is 198 g/mol. The van der Waals surface area contributed by atoms with Crippen molar-refractivity contribution in [3.63, 3.8) is 0 Å². The summed E-state index contributed by atoms with van der Waals surface area (Å²) in [6, 6.07) is 10.2. The van der Waals surface area contributed by atoms with E-state index in [1.54, 1.807) is 0 Å². The number of nitrogens with two attached hydrogens (primary N) is 1. The molecule has 0 aliphatic carbocycles. The van der Waals surface area contributed by atoms with Gasteiger partial charge in [0, 0.05) is 6.04 Å². The van der Waals surface area contributed by atoms with E-state index in [1.165, 1.54) is 5.56 Å². The second kappa shape index (κ2) is 6.66. The fourth-order valence-electron chi connectivity index (χ4n) is 1.87. The minimum Gasteiger partial charge on any atom is -0.369 e. The van der Waals surface area contributed by atoms with Gasteiger partial charge >= 0.3 is 0 Å². The largest absolute Gasteiger partial charge is 0.369 e. The minimum atomic E-state index is 0.00255. The van der Waals surface area contributed by atoms with Crippen molar-refractivity contribution in [2.75, 3.05) is 0 Å². The van der Waals surface area contributed by atoms with E-state index in [-0.39, 0.29) is 18.2 Å². The highest BCUT2D eigenvalue weighted by Crippen LogP contribution is 2.22. The van der Waals surface area contributed by atoms with Crippen LogP contribution < -0.4 is 5.73 Å². The molecular formula is C14H23NO. The molecule has 0 saturated heterocycles. The first-order valence-electron chi connectivity index (χ1n) is 6.11. The van der Waals surface area contributed by atoms with Crippen LogP contribution in [0.15, 0.2) is 30.3 Å². The molecule has 0 radical (unpaired) electrons. The van der Waals surface area contributed by atoms with Gasteiger partial charge in [0.05, 0.1) is 12.2 Å². The molecule has 0 aliphatic heterocycles. The van der Waals surface area contributed by atoms with Crippen LogP contribution >= 0.6 is 0 Å². The van der Waals surface area contributed by atoms with Gasteiger partial charge < -0.3 is 10.5 Å². The van der Waals surface area contributed by atoms with Gasteiger partial charge in [0.1, 0.15) is 0 Å². The molecule has 3 unspecified atom stereocenters. The van der Waals surface area contributed by atoms with Crippen molar-refractivity contribution in [1.82, 2.24) is 0 Å². The van der Waals surface area contributed by atoms with Crippen LogP contribution in [-0.4, -0.2) is 12.1 Å². The zero-order valence-corrected chi connectivity index (χ0v) is 10.5. The van der Waals surface area contributed by atoms with Crippen molar-refractivity contribution in [2.45, 2.75) is 51.9 Å². The molecule has 16 heavy (non-hydrogen) atoms. The van der Waals surface area contributed by atoms with Crippen LogP contribution in [-0.2, 0) is 4.74 Å². The van der Waals surface area contributed by atoms with Gasteiger partial charge in [0.15, 0.2) is 0 Å². The highest BCUT2D eigenvalue weighted by molar-refractivity contribution is 5.18. The zero-order chi connectivity index (χ0) is 12.0. The number of rotatable bonds is 6. The summed E-state index contributed by atoms with van der Waals surface area (Å²) in [6.45, 7) is 6.28. The lowest BCUT2D eigenvalue weighted by atomic mass is 10.0. The third-order valence-corrected chi connectivity index (χ3v) is 2.68. The van der Waals surface area contributed by atoms with E-state index in [1.807, 2.05) is 25.1 Å². The summed E-state index contributed by atoms with van der Waals surface area (Å²) in [5, 5.41) is 0. The summed E-state index contributed by atoms with van der Waals surface area (Å²) in [4.78, 5) is 0. The lowest BCUT2D eigenvalue weighted by Crippen LogP contribution is -2.29. The van der Waals surface area contributed by atoms with Gasteiger partial charge in [-0.25, -0.2) is 0 Å². The molecule has 0 heterocycles. The smallest absolute Gasteiger partial charge is 0.0976 e. The van der Waals surface area contributed by atoms with Crippen LogP contribution in [0.3, 0.4) is 0 Å². The van der Waals surface area contributed by atoms with E-state index >= 15 is 0 Å². The van der Waals surface area contributed by atoms with Crippen LogP contribution in [0.4, 0.5) is 0 Å². The maximum Gasteiger partial charge on any atom is 0.0976 e. The summed E-state index contributed by atoms with van der Waals surface area (Å²) in [5.74, 6) is 0. The molecule has 0 fully saturated rings. The molecule has 1 aromatic carbocycles. The Hall–Kier alpha value is -0.860. The maximum absolute atomic E-state index is 6.01. The van der Waals surface area contributed by atoms with E-state index in [2.05, 4.69) is 26.0 Å². The van der Waals surface area contributed by atoms with Crippen LogP contribution in [0.25, 0.3) is 0 Å². The molecule has 2 nitrogen and oxygen atoms in total. The van der Waals surface area contributed by atoms with Crippen molar-refractivity contribution in [2.24, 2.45) is 5.73 Å². The second-order valence-electron chi connectivity index (χ2n) is 4.43. The summed E-state index contributed by atoms with van der Waals surface area (Å²) in [7, 11) is 0. The van der Waals surface area contributed by atoms with Gasteiger partial charge in [-0.3, -0.25) is 0 Å². The molecule has 1 aromatic rings. The van der Waals surface area contributed by atoms with Crippen LogP contribution in [0.1, 0.15) is 45.3 Å². The molecule has 2 heteroatoms. The second-order valence-corrected chi connectivity index (χ2v) is 4.43. The molecule has 90 valence electrons. The van der Waals surface area contributed by atoms with Crippen molar-refractivity contribution >= 4 is 0 Å². The lowest BCUT2D eigenvalue weighted by Gasteiger charge is -2.25. The molecule has 1 rings (SSSR count). The predicted octanol–water partition coefficient (Wildman–Crippen LogP) is 3.28. The molecule has 0 saturated carbocycles. The highest BCUT2D eigenvalue weighted by atomic mass is 16.5. The number of benzene rings is 1. The normalized spacial score (nSPS) is 16.8. The van der Waals surface area contributed by atoms with Gasteiger partial charge in [-0.05, 0) is 25.8 Å². The highest BCUT2D eigenvalue weighted by Gasteiger charge is 2.18. The molecule has 0 spiro atoms. The first-order chi connectivity index (χ1) is 7.65. The average Bonchev–Trinajstić information content (AvgIpc) is 2.27. The Labute approximate surface area is 98.8 Å². The summed E-state index contributed by atoms with van der Waals surface area (Å²) in [5.41, 5.74) is 7.16. The van der Waals surface area contributed by atoms with E-state index in [0.29, 0.717) is 0 Å². The Bertz CT molecular complexity index is 284. The number of hydrogen-bond acceptors (Lipinski definition) is 2.